The lowest BCUT2D eigenvalue weighted by atomic mass is 9.88. The number of fused-ring (bicyclic) bond motifs is 1. The van der Waals surface area contributed by atoms with Gasteiger partial charge >= 0.3 is 6.03 Å². The molecule has 0 spiro atoms. The summed E-state index contributed by atoms with van der Waals surface area (Å²) in [5, 5.41) is 0. The Bertz CT molecular complexity index is 398. The Labute approximate surface area is 102 Å². The number of hydrogen-bond donors (Lipinski definition) is 0. The Hall–Kier alpha value is -1.32. The summed E-state index contributed by atoms with van der Waals surface area (Å²) in [4.78, 5) is 27.4. The van der Waals surface area contributed by atoms with Crippen LogP contribution in [0.15, 0.2) is 11.1 Å². The van der Waals surface area contributed by atoms with Crippen molar-refractivity contribution in [3.05, 3.63) is 11.1 Å². The van der Waals surface area contributed by atoms with E-state index in [1.807, 2.05) is 11.8 Å². The molecule has 0 bridgehead atoms. The first kappa shape index (κ1) is 12.1. The van der Waals surface area contributed by atoms with Gasteiger partial charge in [-0.1, -0.05) is 0 Å². The third-order valence-electron chi connectivity index (χ3n) is 3.88. The van der Waals surface area contributed by atoms with Crippen molar-refractivity contribution >= 4 is 11.8 Å². The number of urea groups is 1. The van der Waals surface area contributed by atoms with Gasteiger partial charge in [0.05, 0.1) is 6.04 Å². The van der Waals surface area contributed by atoms with Gasteiger partial charge in [-0.25, -0.2) is 4.79 Å². The number of allylic oxidation sites excluding steroid dienone is 1. The van der Waals surface area contributed by atoms with Gasteiger partial charge in [0.15, 0.2) is 5.78 Å². The second kappa shape index (κ2) is 4.17. The van der Waals surface area contributed by atoms with Gasteiger partial charge in [0.25, 0.3) is 0 Å². The van der Waals surface area contributed by atoms with E-state index >= 15 is 0 Å². The van der Waals surface area contributed by atoms with E-state index in [0.717, 1.165) is 18.4 Å². The molecule has 0 radical (unpaired) electrons. The standard InChI is InChI=1S/C13H20N2O2/c1-8-7-10-9(2)12(16)6-5-11(10)15(8)13(17)14(3)4/h8,11H,5-7H2,1-4H3/t8-,11-/m0/s1. The van der Waals surface area contributed by atoms with Gasteiger partial charge in [-0.2, -0.15) is 0 Å². The number of carbonyl (C=O) groups excluding carboxylic acids is 2. The first-order chi connectivity index (χ1) is 7.93. The molecule has 2 rings (SSSR count). The maximum atomic E-state index is 12.1. The highest BCUT2D eigenvalue weighted by atomic mass is 16.2. The first-order valence-corrected chi connectivity index (χ1v) is 6.16. The van der Waals surface area contributed by atoms with Crippen LogP contribution in [0, 0.1) is 0 Å². The van der Waals surface area contributed by atoms with Crippen LogP contribution in [0.3, 0.4) is 0 Å². The molecule has 4 heteroatoms. The first-order valence-electron chi connectivity index (χ1n) is 6.16. The van der Waals surface area contributed by atoms with Gasteiger partial charge in [0.1, 0.15) is 0 Å². The minimum absolute atomic E-state index is 0.0552. The summed E-state index contributed by atoms with van der Waals surface area (Å²) in [7, 11) is 3.55. The average Bonchev–Trinajstić information content (AvgIpc) is 2.60. The highest BCUT2D eigenvalue weighted by molar-refractivity contribution is 5.97. The van der Waals surface area contributed by atoms with Gasteiger partial charge in [-0.15, -0.1) is 0 Å². The Morgan fingerprint density at radius 2 is 2.06 bits per heavy atom. The summed E-state index contributed by atoms with van der Waals surface area (Å²) in [5.41, 5.74) is 2.08. The number of Topliss-reactive ketones (excluding diaryl/α,β-unsaturated/α-hetero) is 1. The molecule has 4 nitrogen and oxygen atoms in total. The van der Waals surface area contributed by atoms with E-state index in [1.165, 1.54) is 5.57 Å². The average molecular weight is 236 g/mol. The van der Waals surface area contributed by atoms with Crippen LogP contribution in [0.1, 0.15) is 33.1 Å². The fraction of sp³-hybridized carbons (Fsp3) is 0.692. The zero-order valence-corrected chi connectivity index (χ0v) is 11.0. The zero-order valence-electron chi connectivity index (χ0n) is 11.0. The van der Waals surface area contributed by atoms with E-state index in [2.05, 4.69) is 6.92 Å². The topological polar surface area (TPSA) is 40.6 Å². The summed E-state index contributed by atoms with van der Waals surface area (Å²) in [6.07, 6.45) is 2.21. The van der Waals surface area contributed by atoms with Crippen LogP contribution in [0.5, 0.6) is 0 Å². The Kier molecular flexibility index (Phi) is 2.98. The van der Waals surface area contributed by atoms with Crippen molar-refractivity contribution in [2.75, 3.05) is 14.1 Å². The van der Waals surface area contributed by atoms with Crippen molar-refractivity contribution in [1.29, 1.82) is 0 Å². The smallest absolute Gasteiger partial charge is 0.320 e. The lowest BCUT2D eigenvalue weighted by molar-refractivity contribution is -0.116. The van der Waals surface area contributed by atoms with Crippen molar-refractivity contribution in [2.45, 2.75) is 45.2 Å². The molecule has 0 unspecified atom stereocenters. The summed E-state index contributed by atoms with van der Waals surface area (Å²) < 4.78 is 0. The largest absolute Gasteiger partial charge is 0.331 e. The predicted molar refractivity (Wildman–Crippen MR) is 65.7 cm³/mol. The monoisotopic (exact) mass is 236 g/mol. The number of nitrogens with zero attached hydrogens (tertiary/aromatic N) is 2. The lowest BCUT2D eigenvalue weighted by Crippen LogP contribution is -2.46. The fourth-order valence-corrected chi connectivity index (χ4v) is 2.93. The molecule has 0 saturated carbocycles. The predicted octanol–water partition coefficient (Wildman–Crippen LogP) is 1.81. The summed E-state index contributed by atoms with van der Waals surface area (Å²) in [6, 6.07) is 0.406. The Morgan fingerprint density at radius 1 is 1.41 bits per heavy atom. The Balaban J connectivity index is 2.33. The highest BCUT2D eigenvalue weighted by Gasteiger charge is 2.42. The number of amides is 2. The van der Waals surface area contributed by atoms with Gasteiger partial charge in [-0.3, -0.25) is 4.79 Å². The van der Waals surface area contributed by atoms with Gasteiger partial charge in [0.2, 0.25) is 0 Å². The second-order valence-electron chi connectivity index (χ2n) is 5.27. The molecular weight excluding hydrogens is 216 g/mol. The van der Waals surface area contributed by atoms with E-state index in [4.69, 9.17) is 0 Å². The van der Waals surface area contributed by atoms with Crippen LogP contribution in [0.4, 0.5) is 4.79 Å². The van der Waals surface area contributed by atoms with Crippen molar-refractivity contribution < 1.29 is 9.59 Å². The lowest BCUT2D eigenvalue weighted by Gasteiger charge is -2.32. The van der Waals surface area contributed by atoms with Crippen LogP contribution in [0.2, 0.25) is 0 Å². The number of ketones is 1. The van der Waals surface area contributed by atoms with Crippen LogP contribution < -0.4 is 0 Å². The number of hydrogen-bond acceptors (Lipinski definition) is 2. The molecule has 0 aromatic heterocycles. The van der Waals surface area contributed by atoms with E-state index < -0.39 is 0 Å². The number of carbonyl (C=O) groups is 2. The number of rotatable bonds is 0. The van der Waals surface area contributed by atoms with E-state index in [9.17, 15) is 9.59 Å². The van der Waals surface area contributed by atoms with Crippen molar-refractivity contribution in [3.8, 4) is 0 Å². The van der Waals surface area contributed by atoms with Crippen molar-refractivity contribution in [2.24, 2.45) is 0 Å². The molecule has 1 heterocycles. The molecule has 0 aromatic carbocycles. The normalized spacial score (nSPS) is 28.5. The summed E-state index contributed by atoms with van der Waals surface area (Å²) in [5.74, 6) is 0.252. The second-order valence-corrected chi connectivity index (χ2v) is 5.27. The molecule has 94 valence electrons. The minimum atomic E-state index is 0.0552. The molecule has 0 aromatic rings. The Morgan fingerprint density at radius 3 is 2.65 bits per heavy atom. The molecule has 2 aliphatic rings. The molecule has 1 fully saturated rings. The van der Waals surface area contributed by atoms with Gasteiger partial charge < -0.3 is 9.80 Å². The molecule has 1 saturated heterocycles. The maximum Gasteiger partial charge on any atom is 0.320 e. The van der Waals surface area contributed by atoms with Crippen molar-refractivity contribution in [1.82, 2.24) is 9.80 Å². The molecule has 1 aliphatic carbocycles. The maximum absolute atomic E-state index is 12.1. The summed E-state index contributed by atoms with van der Waals surface area (Å²) >= 11 is 0. The fourth-order valence-electron chi connectivity index (χ4n) is 2.93. The van der Waals surface area contributed by atoms with E-state index in [0.29, 0.717) is 6.42 Å². The molecular formula is C13H20N2O2. The van der Waals surface area contributed by atoms with Crippen LogP contribution >= 0.6 is 0 Å². The van der Waals surface area contributed by atoms with Gasteiger partial charge in [-0.05, 0) is 37.8 Å². The zero-order chi connectivity index (χ0) is 12.7. The molecule has 1 aliphatic heterocycles. The molecule has 2 atom stereocenters. The van der Waals surface area contributed by atoms with Gasteiger partial charge in [0, 0.05) is 26.6 Å². The van der Waals surface area contributed by atoms with Crippen LogP contribution in [-0.4, -0.2) is 47.8 Å². The van der Waals surface area contributed by atoms with Crippen LogP contribution in [-0.2, 0) is 4.79 Å². The van der Waals surface area contributed by atoms with E-state index in [1.54, 1.807) is 19.0 Å². The molecule has 17 heavy (non-hydrogen) atoms. The SMILES string of the molecule is CC1=C2C[C@H](C)N(C(=O)N(C)C)[C@H]2CCC1=O. The van der Waals surface area contributed by atoms with E-state index in [-0.39, 0.29) is 23.9 Å². The quantitative estimate of drug-likeness (QED) is 0.643. The summed E-state index contributed by atoms with van der Waals surface area (Å²) in [6.45, 7) is 3.96. The molecule has 0 N–H and O–H groups in total. The van der Waals surface area contributed by atoms with Crippen LogP contribution in [0.25, 0.3) is 0 Å². The highest BCUT2D eigenvalue weighted by Crippen LogP contribution is 2.38. The van der Waals surface area contributed by atoms with Crippen molar-refractivity contribution in [3.63, 3.8) is 0 Å². The molecule has 2 amide bonds. The minimum Gasteiger partial charge on any atom is -0.331 e. The third kappa shape index (κ3) is 1.85. The number of likely N-dealkylation sites (tertiary alicyclic amines) is 1. The third-order valence-corrected chi connectivity index (χ3v) is 3.88.